The van der Waals surface area contributed by atoms with Crippen LogP contribution < -0.4 is 5.32 Å². The molecule has 0 unspecified atom stereocenters. The van der Waals surface area contributed by atoms with E-state index in [0.29, 0.717) is 11.1 Å². The van der Waals surface area contributed by atoms with Gasteiger partial charge in [-0.3, -0.25) is 9.59 Å². The van der Waals surface area contributed by atoms with Crippen molar-refractivity contribution in [3.05, 3.63) is 107 Å². The van der Waals surface area contributed by atoms with E-state index in [1.54, 1.807) is 54.6 Å². The molecule has 0 aliphatic heterocycles. The minimum absolute atomic E-state index is 0.00573. The van der Waals surface area contributed by atoms with Crippen LogP contribution in [0, 0.1) is 5.82 Å². The van der Waals surface area contributed by atoms with Crippen LogP contribution in [0.3, 0.4) is 0 Å². The quantitative estimate of drug-likeness (QED) is 0.466. The molecule has 0 saturated heterocycles. The third kappa shape index (κ3) is 7.21. The van der Waals surface area contributed by atoms with Crippen LogP contribution >= 0.6 is 0 Å². The Balaban J connectivity index is 1.99. The predicted molar refractivity (Wildman–Crippen MR) is 132 cm³/mol. The van der Waals surface area contributed by atoms with Crippen molar-refractivity contribution < 1.29 is 22.4 Å². The molecule has 2 amide bonds. The molecular weight excluding hydrogens is 469 g/mol. The smallest absolute Gasteiger partial charge is 0.247 e. The van der Waals surface area contributed by atoms with E-state index in [0.717, 1.165) is 16.1 Å². The fourth-order valence-corrected chi connectivity index (χ4v) is 4.40. The van der Waals surface area contributed by atoms with Crippen LogP contribution in [0.25, 0.3) is 0 Å². The molecule has 0 aliphatic rings. The fraction of sp³-hybridized carbons (Fsp3) is 0.231. The molecular formula is C26H28FN3O4S. The van der Waals surface area contributed by atoms with Crippen molar-refractivity contribution in [3.63, 3.8) is 0 Å². The van der Waals surface area contributed by atoms with Gasteiger partial charge in [0.2, 0.25) is 21.8 Å². The van der Waals surface area contributed by atoms with Crippen molar-refractivity contribution in [3.8, 4) is 0 Å². The van der Waals surface area contributed by atoms with E-state index in [4.69, 9.17) is 0 Å². The predicted octanol–water partition coefficient (Wildman–Crippen LogP) is 3.10. The SMILES string of the molecule is CNC(=O)[C@@H](c1ccccc1)N(Cc1ccc(F)cc1)C(=O)CN(Cc1ccccc1)S(C)(=O)=O. The number of halogens is 1. The van der Waals surface area contributed by atoms with Crippen molar-refractivity contribution in [1.82, 2.24) is 14.5 Å². The van der Waals surface area contributed by atoms with E-state index >= 15 is 0 Å². The van der Waals surface area contributed by atoms with Gasteiger partial charge in [-0.15, -0.1) is 0 Å². The number of hydrogen-bond acceptors (Lipinski definition) is 4. The summed E-state index contributed by atoms with van der Waals surface area (Å²) in [7, 11) is -2.28. The summed E-state index contributed by atoms with van der Waals surface area (Å²) in [6, 6.07) is 22.3. The minimum atomic E-state index is -3.75. The Morgan fingerprint density at radius 3 is 1.94 bits per heavy atom. The highest BCUT2D eigenvalue weighted by Gasteiger charge is 2.33. The Bertz CT molecular complexity index is 1240. The number of rotatable bonds is 10. The molecule has 3 rings (SSSR count). The molecule has 3 aromatic carbocycles. The lowest BCUT2D eigenvalue weighted by Crippen LogP contribution is -2.47. The van der Waals surface area contributed by atoms with Gasteiger partial charge in [0.15, 0.2) is 0 Å². The average Bonchev–Trinajstić information content (AvgIpc) is 2.85. The average molecular weight is 498 g/mol. The standard InChI is InChI=1S/C26H28FN3O4S/c1-28-26(32)25(22-11-7-4-8-12-22)30(18-21-13-15-23(27)16-14-21)24(31)19-29(35(2,33)34)17-20-9-5-3-6-10-20/h3-16,25H,17-19H2,1-2H3,(H,28,32)/t25-/m1/s1. The highest BCUT2D eigenvalue weighted by Crippen LogP contribution is 2.25. The fourth-order valence-electron chi connectivity index (χ4n) is 3.67. The second-order valence-corrected chi connectivity index (χ2v) is 10.1. The summed E-state index contributed by atoms with van der Waals surface area (Å²) >= 11 is 0. The molecule has 9 heteroatoms. The van der Waals surface area contributed by atoms with E-state index < -0.39 is 40.2 Å². The van der Waals surface area contributed by atoms with Crippen molar-refractivity contribution in [2.24, 2.45) is 0 Å². The van der Waals surface area contributed by atoms with Crippen molar-refractivity contribution in [1.29, 1.82) is 0 Å². The molecule has 0 saturated carbocycles. The molecule has 0 bridgehead atoms. The Hall–Kier alpha value is -3.56. The molecule has 0 aliphatic carbocycles. The van der Waals surface area contributed by atoms with E-state index in [1.165, 1.54) is 36.2 Å². The first-order valence-corrected chi connectivity index (χ1v) is 12.8. The lowest BCUT2D eigenvalue weighted by atomic mass is 10.0. The summed E-state index contributed by atoms with van der Waals surface area (Å²) in [5.74, 6) is -1.42. The topological polar surface area (TPSA) is 86.8 Å². The van der Waals surface area contributed by atoms with Gasteiger partial charge in [0.25, 0.3) is 0 Å². The van der Waals surface area contributed by atoms with Gasteiger partial charge in [-0.25, -0.2) is 12.8 Å². The number of likely N-dealkylation sites (N-methyl/N-ethyl adjacent to an activating group) is 1. The van der Waals surface area contributed by atoms with Gasteiger partial charge >= 0.3 is 0 Å². The van der Waals surface area contributed by atoms with Crippen LogP contribution in [0.15, 0.2) is 84.9 Å². The third-order valence-electron chi connectivity index (χ3n) is 5.49. The Morgan fingerprint density at radius 1 is 0.857 bits per heavy atom. The number of benzene rings is 3. The summed E-state index contributed by atoms with van der Waals surface area (Å²) in [4.78, 5) is 28.0. The number of hydrogen-bond donors (Lipinski definition) is 1. The zero-order valence-electron chi connectivity index (χ0n) is 19.6. The lowest BCUT2D eigenvalue weighted by molar-refractivity contribution is -0.141. The molecule has 0 heterocycles. The van der Waals surface area contributed by atoms with Gasteiger partial charge in [0, 0.05) is 20.1 Å². The van der Waals surface area contributed by atoms with Gasteiger partial charge in [-0.1, -0.05) is 72.8 Å². The van der Waals surface area contributed by atoms with Gasteiger partial charge in [-0.05, 0) is 28.8 Å². The zero-order chi connectivity index (χ0) is 25.4. The largest absolute Gasteiger partial charge is 0.357 e. The molecule has 35 heavy (non-hydrogen) atoms. The second kappa shape index (κ2) is 11.7. The van der Waals surface area contributed by atoms with Crippen molar-refractivity contribution >= 4 is 21.8 Å². The number of sulfonamides is 1. The zero-order valence-corrected chi connectivity index (χ0v) is 20.4. The summed E-state index contributed by atoms with van der Waals surface area (Å²) in [6.45, 7) is -0.476. The van der Waals surface area contributed by atoms with Crippen LogP contribution in [0.5, 0.6) is 0 Å². The summed E-state index contributed by atoms with van der Waals surface area (Å²) in [6.07, 6.45) is 1.04. The maximum Gasteiger partial charge on any atom is 0.247 e. The number of amides is 2. The van der Waals surface area contributed by atoms with E-state index in [-0.39, 0.29) is 13.1 Å². The number of carbonyl (C=O) groups excluding carboxylic acids is 2. The number of carbonyl (C=O) groups is 2. The third-order valence-corrected chi connectivity index (χ3v) is 6.69. The van der Waals surface area contributed by atoms with Gasteiger partial charge < -0.3 is 10.2 Å². The molecule has 1 N–H and O–H groups in total. The van der Waals surface area contributed by atoms with Crippen LogP contribution in [-0.4, -0.2) is 49.3 Å². The normalized spacial score (nSPS) is 12.2. The number of nitrogens with one attached hydrogen (secondary N) is 1. The Morgan fingerprint density at radius 2 is 1.40 bits per heavy atom. The summed E-state index contributed by atoms with van der Waals surface area (Å²) < 4.78 is 39.7. The van der Waals surface area contributed by atoms with Crippen LogP contribution in [-0.2, 0) is 32.7 Å². The molecule has 0 fully saturated rings. The molecule has 0 spiro atoms. The van der Waals surface area contributed by atoms with Crippen LogP contribution in [0.4, 0.5) is 4.39 Å². The van der Waals surface area contributed by atoms with E-state index in [1.807, 2.05) is 6.07 Å². The van der Waals surface area contributed by atoms with Gasteiger partial charge in [-0.2, -0.15) is 4.31 Å². The first-order chi connectivity index (χ1) is 16.7. The van der Waals surface area contributed by atoms with Crippen LogP contribution in [0.1, 0.15) is 22.7 Å². The minimum Gasteiger partial charge on any atom is -0.357 e. The van der Waals surface area contributed by atoms with Crippen molar-refractivity contribution in [2.75, 3.05) is 19.8 Å². The van der Waals surface area contributed by atoms with Crippen LogP contribution in [0.2, 0.25) is 0 Å². The molecule has 1 atom stereocenters. The monoisotopic (exact) mass is 497 g/mol. The summed E-state index contributed by atoms with van der Waals surface area (Å²) in [5.41, 5.74) is 1.89. The second-order valence-electron chi connectivity index (χ2n) is 8.09. The van der Waals surface area contributed by atoms with Crippen molar-refractivity contribution in [2.45, 2.75) is 19.1 Å². The maximum absolute atomic E-state index is 13.7. The highest BCUT2D eigenvalue weighted by molar-refractivity contribution is 7.88. The summed E-state index contributed by atoms with van der Waals surface area (Å²) in [5, 5.41) is 2.59. The van der Waals surface area contributed by atoms with E-state index in [2.05, 4.69) is 5.32 Å². The molecule has 7 nitrogen and oxygen atoms in total. The number of nitrogens with zero attached hydrogens (tertiary/aromatic N) is 2. The maximum atomic E-state index is 13.7. The molecule has 184 valence electrons. The molecule has 0 radical (unpaired) electrons. The first kappa shape index (κ1) is 26.1. The first-order valence-electron chi connectivity index (χ1n) is 11.0. The lowest BCUT2D eigenvalue weighted by Gasteiger charge is -2.33. The van der Waals surface area contributed by atoms with E-state index in [9.17, 15) is 22.4 Å². The highest BCUT2D eigenvalue weighted by atomic mass is 32.2. The molecule has 0 aromatic heterocycles. The Labute approximate surface area is 205 Å². The molecule has 3 aromatic rings. The van der Waals surface area contributed by atoms with Gasteiger partial charge in [0.1, 0.15) is 11.9 Å². The Kier molecular flexibility index (Phi) is 8.73. The van der Waals surface area contributed by atoms with Gasteiger partial charge in [0.05, 0.1) is 12.8 Å².